The Morgan fingerprint density at radius 1 is 1.12 bits per heavy atom. The summed E-state index contributed by atoms with van der Waals surface area (Å²) in [6.07, 6.45) is 6.66. The van der Waals surface area contributed by atoms with Crippen LogP contribution in [0.5, 0.6) is 0 Å². The van der Waals surface area contributed by atoms with Gasteiger partial charge in [0.25, 0.3) is 10.0 Å². The molecular weight excluding hydrogens is 324 g/mol. The Labute approximate surface area is 138 Å². The van der Waals surface area contributed by atoms with Crippen LogP contribution in [0.4, 0.5) is 0 Å². The van der Waals surface area contributed by atoms with Gasteiger partial charge in [-0.15, -0.1) is 0 Å². The van der Waals surface area contributed by atoms with Crippen molar-refractivity contribution in [3.63, 3.8) is 0 Å². The van der Waals surface area contributed by atoms with Gasteiger partial charge in [-0.05, 0) is 30.7 Å². The minimum absolute atomic E-state index is 0.225. The standard InChI is InChI=1S/C17H14N4O2S/c1-12-7-15-16(13-9-19-20-10-13)11-21(17(15)18-8-12)24(22,23)14-5-3-2-4-6-14/h2-11H,1H3,(H,19,20). The van der Waals surface area contributed by atoms with Gasteiger partial charge in [-0.2, -0.15) is 5.10 Å². The minimum Gasteiger partial charge on any atom is -0.285 e. The number of pyridine rings is 1. The quantitative estimate of drug-likeness (QED) is 0.623. The fourth-order valence-corrected chi connectivity index (χ4v) is 4.05. The summed E-state index contributed by atoms with van der Waals surface area (Å²) >= 11 is 0. The van der Waals surface area contributed by atoms with Crippen LogP contribution in [0.3, 0.4) is 0 Å². The van der Waals surface area contributed by atoms with Crippen LogP contribution in [0.15, 0.2) is 66.1 Å². The lowest BCUT2D eigenvalue weighted by molar-refractivity contribution is 0.589. The first-order valence-corrected chi connectivity index (χ1v) is 8.79. The van der Waals surface area contributed by atoms with E-state index >= 15 is 0 Å². The van der Waals surface area contributed by atoms with Crippen molar-refractivity contribution >= 4 is 21.1 Å². The van der Waals surface area contributed by atoms with E-state index in [1.165, 1.54) is 3.97 Å². The molecule has 0 aliphatic rings. The summed E-state index contributed by atoms with van der Waals surface area (Å²) in [4.78, 5) is 4.58. The van der Waals surface area contributed by atoms with E-state index in [0.29, 0.717) is 5.65 Å². The second-order valence-electron chi connectivity index (χ2n) is 5.53. The van der Waals surface area contributed by atoms with Crippen LogP contribution < -0.4 is 0 Å². The van der Waals surface area contributed by atoms with Gasteiger partial charge >= 0.3 is 0 Å². The average Bonchev–Trinajstić information content (AvgIpc) is 3.22. The highest BCUT2D eigenvalue weighted by molar-refractivity contribution is 7.90. The number of hydrogen-bond donors (Lipinski definition) is 1. The average molecular weight is 338 g/mol. The Morgan fingerprint density at radius 3 is 2.62 bits per heavy atom. The number of benzene rings is 1. The van der Waals surface area contributed by atoms with E-state index < -0.39 is 10.0 Å². The molecule has 3 heterocycles. The molecule has 0 bridgehead atoms. The topological polar surface area (TPSA) is 80.6 Å². The molecule has 4 aromatic rings. The molecule has 3 aromatic heterocycles. The van der Waals surface area contributed by atoms with E-state index in [2.05, 4.69) is 15.2 Å². The van der Waals surface area contributed by atoms with Gasteiger partial charge in [0.1, 0.15) is 0 Å². The van der Waals surface area contributed by atoms with Crippen LogP contribution in [0.1, 0.15) is 5.56 Å². The van der Waals surface area contributed by atoms with Crippen molar-refractivity contribution in [2.45, 2.75) is 11.8 Å². The van der Waals surface area contributed by atoms with Crippen molar-refractivity contribution < 1.29 is 8.42 Å². The molecule has 1 N–H and O–H groups in total. The molecule has 24 heavy (non-hydrogen) atoms. The zero-order valence-corrected chi connectivity index (χ0v) is 13.7. The molecule has 0 atom stereocenters. The molecule has 0 unspecified atom stereocenters. The predicted molar refractivity (Wildman–Crippen MR) is 91.1 cm³/mol. The van der Waals surface area contributed by atoms with Crippen LogP contribution in [0.25, 0.3) is 22.2 Å². The molecule has 0 fully saturated rings. The summed E-state index contributed by atoms with van der Waals surface area (Å²) < 4.78 is 27.3. The Balaban J connectivity index is 2.04. The normalized spacial score (nSPS) is 11.9. The fourth-order valence-electron chi connectivity index (χ4n) is 2.70. The highest BCUT2D eigenvalue weighted by atomic mass is 32.2. The van der Waals surface area contributed by atoms with Crippen LogP contribution in [-0.2, 0) is 10.0 Å². The lowest BCUT2D eigenvalue weighted by Gasteiger charge is -2.06. The summed E-state index contributed by atoms with van der Waals surface area (Å²) in [5.41, 5.74) is 2.95. The van der Waals surface area contributed by atoms with Gasteiger partial charge in [0.15, 0.2) is 5.65 Å². The van der Waals surface area contributed by atoms with Crippen molar-refractivity contribution in [1.82, 2.24) is 19.2 Å². The van der Waals surface area contributed by atoms with Crippen molar-refractivity contribution in [3.05, 3.63) is 66.7 Å². The first-order valence-electron chi connectivity index (χ1n) is 7.35. The molecule has 0 saturated carbocycles. The number of aromatic amines is 1. The molecule has 0 amide bonds. The third-order valence-corrected chi connectivity index (χ3v) is 5.52. The van der Waals surface area contributed by atoms with Crippen LogP contribution in [0, 0.1) is 6.92 Å². The van der Waals surface area contributed by atoms with E-state index in [1.54, 1.807) is 55.1 Å². The maximum Gasteiger partial charge on any atom is 0.269 e. The minimum atomic E-state index is -3.73. The fraction of sp³-hybridized carbons (Fsp3) is 0.0588. The van der Waals surface area contributed by atoms with E-state index in [0.717, 1.165) is 22.1 Å². The molecule has 0 saturated heterocycles. The summed E-state index contributed by atoms with van der Waals surface area (Å²) in [6.45, 7) is 1.93. The zero-order valence-electron chi connectivity index (χ0n) is 12.8. The number of nitrogens with one attached hydrogen (secondary N) is 1. The number of rotatable bonds is 3. The molecule has 0 radical (unpaired) electrons. The molecule has 6 nitrogen and oxygen atoms in total. The highest BCUT2D eigenvalue weighted by Crippen LogP contribution is 2.32. The van der Waals surface area contributed by atoms with Crippen LogP contribution in [-0.4, -0.2) is 27.6 Å². The van der Waals surface area contributed by atoms with Gasteiger partial charge in [-0.25, -0.2) is 17.4 Å². The number of H-pyrrole nitrogens is 1. The van der Waals surface area contributed by atoms with Gasteiger partial charge in [0.05, 0.1) is 11.1 Å². The van der Waals surface area contributed by atoms with Crippen molar-refractivity contribution in [3.8, 4) is 11.1 Å². The Hall–Kier alpha value is -2.93. The van der Waals surface area contributed by atoms with E-state index in [9.17, 15) is 8.42 Å². The second-order valence-corrected chi connectivity index (χ2v) is 7.34. The molecular formula is C17H14N4O2S. The molecule has 0 aliphatic heterocycles. The van der Waals surface area contributed by atoms with Gasteiger partial charge < -0.3 is 0 Å². The van der Waals surface area contributed by atoms with Crippen molar-refractivity contribution in [2.24, 2.45) is 0 Å². The second kappa shape index (κ2) is 5.31. The van der Waals surface area contributed by atoms with E-state index in [1.807, 2.05) is 13.0 Å². The molecule has 120 valence electrons. The maximum absolute atomic E-state index is 13.0. The van der Waals surface area contributed by atoms with Gasteiger partial charge in [0, 0.05) is 35.1 Å². The number of fused-ring (bicyclic) bond motifs is 1. The van der Waals surface area contributed by atoms with Gasteiger partial charge in [-0.3, -0.25) is 5.10 Å². The summed E-state index contributed by atoms with van der Waals surface area (Å²) in [6, 6.07) is 10.3. The van der Waals surface area contributed by atoms with Crippen LogP contribution in [0.2, 0.25) is 0 Å². The van der Waals surface area contributed by atoms with Crippen molar-refractivity contribution in [1.29, 1.82) is 0 Å². The van der Waals surface area contributed by atoms with E-state index in [4.69, 9.17) is 0 Å². The number of aromatic nitrogens is 4. The smallest absolute Gasteiger partial charge is 0.269 e. The molecule has 1 aromatic carbocycles. The number of aryl methyl sites for hydroxylation is 1. The lowest BCUT2D eigenvalue weighted by atomic mass is 10.1. The Kier molecular flexibility index (Phi) is 3.24. The largest absolute Gasteiger partial charge is 0.285 e. The zero-order chi connectivity index (χ0) is 16.7. The third kappa shape index (κ3) is 2.21. The summed E-state index contributed by atoms with van der Waals surface area (Å²) in [5, 5.41) is 7.49. The molecule has 0 aliphatic carbocycles. The molecule has 4 rings (SSSR count). The summed E-state index contributed by atoms with van der Waals surface area (Å²) in [7, 11) is -3.73. The van der Waals surface area contributed by atoms with Gasteiger partial charge in [0.2, 0.25) is 0 Å². The van der Waals surface area contributed by atoms with Crippen LogP contribution >= 0.6 is 0 Å². The first kappa shape index (κ1) is 14.6. The lowest BCUT2D eigenvalue weighted by Crippen LogP contribution is -2.12. The Morgan fingerprint density at radius 2 is 1.92 bits per heavy atom. The monoisotopic (exact) mass is 338 g/mol. The highest BCUT2D eigenvalue weighted by Gasteiger charge is 2.22. The summed E-state index contributed by atoms with van der Waals surface area (Å²) in [5.74, 6) is 0. The van der Waals surface area contributed by atoms with E-state index in [-0.39, 0.29) is 4.90 Å². The maximum atomic E-state index is 13.0. The van der Waals surface area contributed by atoms with Gasteiger partial charge in [-0.1, -0.05) is 18.2 Å². The predicted octanol–water partition coefficient (Wildman–Crippen LogP) is 2.97. The first-order chi connectivity index (χ1) is 11.6. The Bertz CT molecular complexity index is 1110. The number of hydrogen-bond acceptors (Lipinski definition) is 4. The number of nitrogens with zero attached hydrogens (tertiary/aromatic N) is 3. The molecule has 0 spiro atoms. The van der Waals surface area contributed by atoms with Crippen molar-refractivity contribution in [2.75, 3.05) is 0 Å². The SMILES string of the molecule is Cc1cnc2c(c1)c(-c1cn[nH]c1)cn2S(=O)(=O)c1ccccc1. The third-order valence-electron chi connectivity index (χ3n) is 3.86. The molecule has 7 heteroatoms.